The molecule has 1 saturated carbocycles. The first-order valence-corrected chi connectivity index (χ1v) is 6.64. The van der Waals surface area contributed by atoms with Crippen LogP contribution in [0.15, 0.2) is 29.4 Å². The maximum atomic E-state index is 12.0. The number of rotatable bonds is 3. The zero-order valence-corrected chi connectivity index (χ0v) is 11.1. The van der Waals surface area contributed by atoms with Crippen LogP contribution >= 0.6 is 0 Å². The molecule has 0 unspecified atom stereocenters. The molecular weight excluding hydrogens is 224 g/mol. The number of hydrazone groups is 1. The van der Waals surface area contributed by atoms with E-state index < -0.39 is 0 Å². The number of benzene rings is 1. The maximum Gasteiger partial charge on any atom is 0.271 e. The summed E-state index contributed by atoms with van der Waals surface area (Å²) < 4.78 is 0. The number of carbonyl (C=O) groups excluding carboxylic acids is 1. The second kappa shape index (κ2) is 5.80. The molecule has 1 aromatic carbocycles. The third kappa shape index (κ3) is 2.78. The SMILES string of the molecule is CC[C@H]1CCC/C1=N/NC(=O)c1ccccc1C. The Morgan fingerprint density at radius 2 is 2.22 bits per heavy atom. The van der Waals surface area contributed by atoms with Crippen molar-refractivity contribution >= 4 is 11.6 Å². The smallest absolute Gasteiger partial charge is 0.267 e. The van der Waals surface area contributed by atoms with Crippen molar-refractivity contribution < 1.29 is 4.79 Å². The topological polar surface area (TPSA) is 41.5 Å². The van der Waals surface area contributed by atoms with Gasteiger partial charge in [-0.15, -0.1) is 0 Å². The molecule has 1 fully saturated rings. The summed E-state index contributed by atoms with van der Waals surface area (Å²) in [4.78, 5) is 12.0. The summed E-state index contributed by atoms with van der Waals surface area (Å²) in [5, 5.41) is 4.31. The van der Waals surface area contributed by atoms with E-state index in [4.69, 9.17) is 0 Å². The molecule has 3 heteroatoms. The number of hydrogen-bond acceptors (Lipinski definition) is 2. The molecule has 1 aliphatic carbocycles. The van der Waals surface area contributed by atoms with Crippen molar-refractivity contribution in [2.45, 2.75) is 39.5 Å². The highest BCUT2D eigenvalue weighted by Gasteiger charge is 2.21. The van der Waals surface area contributed by atoms with E-state index in [0.29, 0.717) is 11.5 Å². The molecule has 0 saturated heterocycles. The summed E-state index contributed by atoms with van der Waals surface area (Å²) >= 11 is 0. The van der Waals surface area contributed by atoms with E-state index in [0.717, 1.165) is 24.1 Å². The summed E-state index contributed by atoms with van der Waals surface area (Å²) in [6.45, 7) is 4.11. The lowest BCUT2D eigenvalue weighted by atomic mass is 10.0. The third-order valence-electron chi connectivity index (χ3n) is 3.64. The molecule has 1 N–H and O–H groups in total. The van der Waals surface area contributed by atoms with E-state index in [1.54, 1.807) is 0 Å². The van der Waals surface area contributed by atoms with Crippen LogP contribution < -0.4 is 5.43 Å². The van der Waals surface area contributed by atoms with E-state index in [2.05, 4.69) is 17.5 Å². The summed E-state index contributed by atoms with van der Waals surface area (Å²) in [7, 11) is 0. The second-order valence-corrected chi connectivity index (χ2v) is 4.86. The average molecular weight is 244 g/mol. The maximum absolute atomic E-state index is 12.0. The lowest BCUT2D eigenvalue weighted by Crippen LogP contribution is -2.21. The zero-order chi connectivity index (χ0) is 13.0. The van der Waals surface area contributed by atoms with Crippen LogP contribution in [0.25, 0.3) is 0 Å². The van der Waals surface area contributed by atoms with Crippen LogP contribution in [0.3, 0.4) is 0 Å². The van der Waals surface area contributed by atoms with Gasteiger partial charge in [-0.1, -0.05) is 25.1 Å². The number of hydrogen-bond donors (Lipinski definition) is 1. The number of nitrogens with zero attached hydrogens (tertiary/aromatic N) is 1. The standard InChI is InChI=1S/C15H20N2O/c1-3-12-8-6-10-14(12)16-17-15(18)13-9-5-4-7-11(13)2/h4-5,7,9,12H,3,6,8,10H2,1-2H3,(H,17,18)/b16-14-/t12-/m0/s1. The van der Waals surface area contributed by atoms with Gasteiger partial charge in [0.15, 0.2) is 0 Å². The van der Waals surface area contributed by atoms with E-state index in [1.807, 2.05) is 31.2 Å². The van der Waals surface area contributed by atoms with Crippen LogP contribution in [-0.4, -0.2) is 11.6 Å². The van der Waals surface area contributed by atoms with Crippen molar-refractivity contribution in [1.29, 1.82) is 0 Å². The highest BCUT2D eigenvalue weighted by Crippen LogP contribution is 2.24. The molecule has 0 heterocycles. The largest absolute Gasteiger partial charge is 0.271 e. The summed E-state index contributed by atoms with van der Waals surface area (Å²) in [5.41, 5.74) is 5.53. The molecule has 1 aliphatic rings. The predicted octanol–water partition coefficient (Wildman–Crippen LogP) is 3.29. The molecule has 0 radical (unpaired) electrons. The minimum Gasteiger partial charge on any atom is -0.267 e. The molecule has 0 bridgehead atoms. The van der Waals surface area contributed by atoms with Crippen molar-refractivity contribution in [3.63, 3.8) is 0 Å². The van der Waals surface area contributed by atoms with Crippen LogP contribution in [-0.2, 0) is 0 Å². The Morgan fingerprint density at radius 3 is 2.94 bits per heavy atom. The van der Waals surface area contributed by atoms with Crippen LogP contribution in [0.2, 0.25) is 0 Å². The van der Waals surface area contributed by atoms with Crippen LogP contribution in [0.4, 0.5) is 0 Å². The van der Waals surface area contributed by atoms with Gasteiger partial charge in [0.25, 0.3) is 5.91 Å². The van der Waals surface area contributed by atoms with Gasteiger partial charge >= 0.3 is 0 Å². The van der Waals surface area contributed by atoms with E-state index in [1.165, 1.54) is 12.8 Å². The molecule has 0 aliphatic heterocycles. The van der Waals surface area contributed by atoms with Gasteiger partial charge in [0.1, 0.15) is 0 Å². The van der Waals surface area contributed by atoms with Crippen molar-refractivity contribution in [2.24, 2.45) is 11.0 Å². The number of nitrogens with one attached hydrogen (secondary N) is 1. The molecule has 1 atom stereocenters. The number of carbonyl (C=O) groups is 1. The van der Waals surface area contributed by atoms with Crippen LogP contribution in [0, 0.1) is 12.8 Å². The van der Waals surface area contributed by atoms with Gasteiger partial charge in [-0.25, -0.2) is 5.43 Å². The zero-order valence-electron chi connectivity index (χ0n) is 11.1. The minimum absolute atomic E-state index is 0.109. The molecular formula is C15H20N2O. The van der Waals surface area contributed by atoms with Crippen molar-refractivity contribution in [1.82, 2.24) is 5.43 Å². The summed E-state index contributed by atoms with van der Waals surface area (Å²) in [6, 6.07) is 7.57. The van der Waals surface area contributed by atoms with E-state index in [-0.39, 0.29) is 5.91 Å². The lowest BCUT2D eigenvalue weighted by molar-refractivity contribution is 0.0954. The Hall–Kier alpha value is -1.64. The van der Waals surface area contributed by atoms with Crippen LogP contribution in [0.1, 0.15) is 48.5 Å². The van der Waals surface area contributed by atoms with Gasteiger partial charge in [-0.2, -0.15) is 5.10 Å². The Bertz CT molecular complexity index is 465. The monoisotopic (exact) mass is 244 g/mol. The second-order valence-electron chi connectivity index (χ2n) is 4.86. The molecule has 0 spiro atoms. The molecule has 0 aromatic heterocycles. The van der Waals surface area contributed by atoms with Gasteiger partial charge in [0.2, 0.25) is 0 Å². The van der Waals surface area contributed by atoms with Crippen molar-refractivity contribution in [3.8, 4) is 0 Å². The Labute approximate surface area is 108 Å². The number of amides is 1. The molecule has 3 nitrogen and oxygen atoms in total. The molecule has 1 amide bonds. The van der Waals surface area contributed by atoms with Crippen molar-refractivity contribution in [3.05, 3.63) is 35.4 Å². The Kier molecular flexibility index (Phi) is 4.13. The predicted molar refractivity (Wildman–Crippen MR) is 73.7 cm³/mol. The molecule has 1 aromatic rings. The van der Waals surface area contributed by atoms with E-state index >= 15 is 0 Å². The van der Waals surface area contributed by atoms with Gasteiger partial charge in [0, 0.05) is 11.3 Å². The fourth-order valence-corrected chi connectivity index (χ4v) is 2.50. The molecule has 2 rings (SSSR count). The lowest BCUT2D eigenvalue weighted by Gasteiger charge is -2.08. The van der Waals surface area contributed by atoms with Gasteiger partial charge in [-0.3, -0.25) is 4.79 Å². The fraction of sp³-hybridized carbons (Fsp3) is 0.467. The van der Waals surface area contributed by atoms with Gasteiger partial charge in [0.05, 0.1) is 0 Å². The first-order valence-electron chi connectivity index (χ1n) is 6.64. The average Bonchev–Trinajstić information content (AvgIpc) is 2.84. The minimum atomic E-state index is -0.109. The third-order valence-corrected chi connectivity index (χ3v) is 3.64. The van der Waals surface area contributed by atoms with Crippen molar-refractivity contribution in [2.75, 3.05) is 0 Å². The Balaban J connectivity index is 2.04. The fourth-order valence-electron chi connectivity index (χ4n) is 2.50. The highest BCUT2D eigenvalue weighted by molar-refractivity contribution is 5.97. The van der Waals surface area contributed by atoms with Gasteiger partial charge in [-0.05, 0) is 50.2 Å². The Morgan fingerprint density at radius 1 is 1.44 bits per heavy atom. The quantitative estimate of drug-likeness (QED) is 0.814. The first-order chi connectivity index (χ1) is 8.72. The normalized spacial score (nSPS) is 21.2. The number of aryl methyl sites for hydroxylation is 1. The molecule has 96 valence electrons. The highest BCUT2D eigenvalue weighted by atomic mass is 16.2. The summed E-state index contributed by atoms with van der Waals surface area (Å²) in [6.07, 6.45) is 4.53. The summed E-state index contributed by atoms with van der Waals surface area (Å²) in [5.74, 6) is 0.449. The van der Waals surface area contributed by atoms with E-state index in [9.17, 15) is 4.79 Å². The van der Waals surface area contributed by atoms with Gasteiger partial charge < -0.3 is 0 Å². The first kappa shape index (κ1) is 12.8. The molecule has 18 heavy (non-hydrogen) atoms. The van der Waals surface area contributed by atoms with Crippen LogP contribution in [0.5, 0.6) is 0 Å².